The molecule has 7 heteroatoms. The van der Waals surface area contributed by atoms with Crippen LogP contribution in [-0.4, -0.2) is 39.6 Å². The van der Waals surface area contributed by atoms with Crippen molar-refractivity contribution in [1.82, 2.24) is 14.7 Å². The molecule has 0 spiro atoms. The van der Waals surface area contributed by atoms with Gasteiger partial charge in [-0.3, -0.25) is 14.5 Å². The van der Waals surface area contributed by atoms with E-state index >= 15 is 0 Å². The number of aromatic nitrogens is 2. The van der Waals surface area contributed by atoms with Crippen LogP contribution in [0.15, 0.2) is 67.0 Å². The van der Waals surface area contributed by atoms with Gasteiger partial charge in [-0.1, -0.05) is 25.1 Å². The molecule has 0 fully saturated rings. The molecule has 2 N–H and O–H groups in total. The summed E-state index contributed by atoms with van der Waals surface area (Å²) in [7, 11) is 0. The van der Waals surface area contributed by atoms with Crippen molar-refractivity contribution in [2.45, 2.75) is 20.4 Å². The number of amides is 2. The van der Waals surface area contributed by atoms with Gasteiger partial charge in [0.15, 0.2) is 0 Å². The molecule has 0 aliphatic heterocycles. The monoisotopic (exact) mass is 391 g/mol. The Labute approximate surface area is 170 Å². The summed E-state index contributed by atoms with van der Waals surface area (Å²) in [5.74, 6) is -0.217. The summed E-state index contributed by atoms with van der Waals surface area (Å²) >= 11 is 0. The van der Waals surface area contributed by atoms with E-state index in [-0.39, 0.29) is 18.4 Å². The highest BCUT2D eigenvalue weighted by molar-refractivity contribution is 5.93. The van der Waals surface area contributed by atoms with Crippen molar-refractivity contribution in [3.63, 3.8) is 0 Å². The lowest BCUT2D eigenvalue weighted by molar-refractivity contribution is -0.117. The first-order valence-corrected chi connectivity index (χ1v) is 9.52. The third kappa shape index (κ3) is 6.02. The smallest absolute Gasteiger partial charge is 0.238 e. The normalized spacial score (nSPS) is 10.7. The molecule has 0 radical (unpaired) electrons. The second kappa shape index (κ2) is 9.66. The number of para-hydroxylation sites is 1. The van der Waals surface area contributed by atoms with E-state index in [2.05, 4.69) is 15.7 Å². The summed E-state index contributed by atoms with van der Waals surface area (Å²) in [6, 6.07) is 17.0. The van der Waals surface area contributed by atoms with Gasteiger partial charge < -0.3 is 10.6 Å². The van der Waals surface area contributed by atoms with Crippen molar-refractivity contribution in [1.29, 1.82) is 0 Å². The van der Waals surface area contributed by atoms with Crippen molar-refractivity contribution in [2.24, 2.45) is 0 Å². The predicted octanol–water partition coefficient (Wildman–Crippen LogP) is 3.29. The number of rotatable bonds is 8. The fourth-order valence-corrected chi connectivity index (χ4v) is 2.95. The van der Waals surface area contributed by atoms with E-state index < -0.39 is 0 Å². The number of hydrogen-bond donors (Lipinski definition) is 2. The van der Waals surface area contributed by atoms with E-state index in [1.807, 2.05) is 59.2 Å². The van der Waals surface area contributed by atoms with Crippen molar-refractivity contribution in [3.8, 4) is 5.69 Å². The van der Waals surface area contributed by atoms with Crippen LogP contribution >= 0.6 is 0 Å². The summed E-state index contributed by atoms with van der Waals surface area (Å²) in [6.45, 7) is 5.14. The first kappa shape index (κ1) is 20.3. The highest BCUT2D eigenvalue weighted by atomic mass is 16.2. The molecular weight excluding hydrogens is 366 g/mol. The maximum Gasteiger partial charge on any atom is 0.238 e. The predicted molar refractivity (Wildman–Crippen MR) is 114 cm³/mol. The lowest BCUT2D eigenvalue weighted by Crippen LogP contribution is -2.32. The minimum atomic E-state index is -0.129. The quantitative estimate of drug-likeness (QED) is 0.618. The molecule has 0 bridgehead atoms. The van der Waals surface area contributed by atoms with Crippen LogP contribution < -0.4 is 10.6 Å². The molecule has 0 aliphatic carbocycles. The Morgan fingerprint density at radius 2 is 1.66 bits per heavy atom. The molecule has 0 unspecified atom stereocenters. The zero-order chi connectivity index (χ0) is 20.6. The van der Waals surface area contributed by atoms with Crippen LogP contribution in [0.2, 0.25) is 0 Å². The molecule has 2 aromatic carbocycles. The number of carbonyl (C=O) groups is 2. The van der Waals surface area contributed by atoms with E-state index in [1.54, 1.807) is 24.3 Å². The van der Waals surface area contributed by atoms with Crippen LogP contribution in [0.25, 0.3) is 5.69 Å². The highest BCUT2D eigenvalue weighted by Crippen LogP contribution is 2.14. The maximum absolute atomic E-state index is 12.4. The van der Waals surface area contributed by atoms with Gasteiger partial charge in [0.25, 0.3) is 0 Å². The van der Waals surface area contributed by atoms with E-state index in [9.17, 15) is 9.59 Å². The average Bonchev–Trinajstić information content (AvgIpc) is 3.18. The summed E-state index contributed by atoms with van der Waals surface area (Å²) < 4.78 is 1.83. The molecule has 1 heterocycles. The maximum atomic E-state index is 12.4. The van der Waals surface area contributed by atoms with Gasteiger partial charge >= 0.3 is 0 Å². The molecule has 2 amide bonds. The average molecular weight is 391 g/mol. The minimum Gasteiger partial charge on any atom is -0.326 e. The third-order valence-electron chi connectivity index (χ3n) is 4.37. The van der Waals surface area contributed by atoms with Crippen LogP contribution in [0.5, 0.6) is 0 Å². The van der Waals surface area contributed by atoms with E-state index in [0.717, 1.165) is 17.8 Å². The summed E-state index contributed by atoms with van der Waals surface area (Å²) in [6.07, 6.45) is 3.81. The number of likely N-dealkylation sites (N-methyl/N-ethyl adjacent to an activating group) is 1. The lowest BCUT2D eigenvalue weighted by Gasteiger charge is -2.19. The van der Waals surface area contributed by atoms with Gasteiger partial charge in [0.2, 0.25) is 11.8 Å². The number of hydrogen-bond acceptors (Lipinski definition) is 4. The third-order valence-corrected chi connectivity index (χ3v) is 4.37. The van der Waals surface area contributed by atoms with Crippen LogP contribution in [0.4, 0.5) is 11.4 Å². The molecule has 0 aliphatic rings. The van der Waals surface area contributed by atoms with Crippen LogP contribution in [0.3, 0.4) is 0 Å². The second-order valence-electron chi connectivity index (χ2n) is 6.74. The first-order valence-electron chi connectivity index (χ1n) is 9.52. The molecular formula is C22H25N5O2. The first-order chi connectivity index (χ1) is 14.0. The van der Waals surface area contributed by atoms with Gasteiger partial charge in [-0.05, 0) is 42.9 Å². The van der Waals surface area contributed by atoms with Gasteiger partial charge in [-0.2, -0.15) is 5.10 Å². The zero-order valence-electron chi connectivity index (χ0n) is 16.6. The summed E-state index contributed by atoms with van der Waals surface area (Å²) in [5.41, 5.74) is 3.43. The number of benzene rings is 2. The Bertz CT molecular complexity index is 951. The fraction of sp³-hybridized carbons (Fsp3) is 0.227. The van der Waals surface area contributed by atoms with Crippen molar-refractivity contribution in [2.75, 3.05) is 23.7 Å². The molecule has 3 rings (SSSR count). The molecule has 150 valence electrons. The molecule has 0 saturated carbocycles. The van der Waals surface area contributed by atoms with E-state index in [4.69, 9.17) is 0 Å². The number of nitrogens with zero attached hydrogens (tertiary/aromatic N) is 3. The molecule has 1 aromatic heterocycles. The Kier molecular flexibility index (Phi) is 6.76. The van der Waals surface area contributed by atoms with Gasteiger partial charge in [0, 0.05) is 36.6 Å². The zero-order valence-corrected chi connectivity index (χ0v) is 16.6. The van der Waals surface area contributed by atoms with Crippen LogP contribution in [0.1, 0.15) is 19.4 Å². The largest absolute Gasteiger partial charge is 0.326 e. The molecule has 0 atom stereocenters. The molecule has 3 aromatic rings. The van der Waals surface area contributed by atoms with Gasteiger partial charge in [0.1, 0.15) is 0 Å². The van der Waals surface area contributed by atoms with Crippen LogP contribution in [-0.2, 0) is 16.1 Å². The summed E-state index contributed by atoms with van der Waals surface area (Å²) in [4.78, 5) is 25.5. The number of carbonyl (C=O) groups excluding carboxylic acids is 2. The van der Waals surface area contributed by atoms with E-state index in [0.29, 0.717) is 17.9 Å². The highest BCUT2D eigenvalue weighted by Gasteiger charge is 2.12. The Morgan fingerprint density at radius 1 is 1.00 bits per heavy atom. The SMILES string of the molecule is CCN(CC(=O)Nc1ccc(NC(C)=O)cc1)Cc1cnn(-c2ccccc2)c1. The molecule has 7 nitrogen and oxygen atoms in total. The molecule has 0 saturated heterocycles. The van der Waals surface area contributed by atoms with Crippen molar-refractivity contribution >= 4 is 23.2 Å². The molecule has 29 heavy (non-hydrogen) atoms. The minimum absolute atomic E-state index is 0.0884. The van der Waals surface area contributed by atoms with Gasteiger partial charge in [-0.15, -0.1) is 0 Å². The number of anilines is 2. The topological polar surface area (TPSA) is 79.3 Å². The Balaban J connectivity index is 1.55. The Hall–Kier alpha value is -3.45. The summed E-state index contributed by atoms with van der Waals surface area (Å²) in [5, 5.41) is 10.00. The Morgan fingerprint density at radius 3 is 2.28 bits per heavy atom. The lowest BCUT2D eigenvalue weighted by atomic mass is 10.2. The standard InChI is InChI=1S/C22H25N5O2/c1-3-26(14-18-13-23-27(15-18)21-7-5-4-6-8-21)16-22(29)25-20-11-9-19(10-12-20)24-17(2)28/h4-13,15H,3,14,16H2,1-2H3,(H,24,28)(H,25,29). The van der Waals surface area contributed by atoms with E-state index in [1.165, 1.54) is 6.92 Å². The van der Waals surface area contributed by atoms with Crippen LogP contribution in [0, 0.1) is 0 Å². The van der Waals surface area contributed by atoms with Gasteiger partial charge in [-0.25, -0.2) is 4.68 Å². The van der Waals surface area contributed by atoms with Crippen molar-refractivity contribution in [3.05, 3.63) is 72.6 Å². The van der Waals surface area contributed by atoms with Crippen molar-refractivity contribution < 1.29 is 9.59 Å². The second-order valence-corrected chi connectivity index (χ2v) is 6.74. The fourth-order valence-electron chi connectivity index (χ4n) is 2.95. The van der Waals surface area contributed by atoms with Gasteiger partial charge in [0.05, 0.1) is 18.4 Å². The number of nitrogens with one attached hydrogen (secondary N) is 2.